The van der Waals surface area contributed by atoms with Crippen molar-refractivity contribution in [2.24, 2.45) is 0 Å². The van der Waals surface area contributed by atoms with Gasteiger partial charge in [0.25, 0.3) is 11.8 Å². The van der Waals surface area contributed by atoms with Crippen LogP contribution in [0.5, 0.6) is 5.75 Å². The molecule has 0 radical (unpaired) electrons. The fourth-order valence-corrected chi connectivity index (χ4v) is 2.13. The average Bonchev–Trinajstić information content (AvgIpc) is 2.65. The molecule has 26 heavy (non-hydrogen) atoms. The van der Waals surface area contributed by atoms with Gasteiger partial charge in [0.1, 0.15) is 5.75 Å². The zero-order valence-electron chi connectivity index (χ0n) is 15.2. The number of ether oxygens (including phenoxy) is 1. The van der Waals surface area contributed by atoms with Gasteiger partial charge in [-0.15, -0.1) is 0 Å². The van der Waals surface area contributed by atoms with E-state index in [0.29, 0.717) is 11.3 Å². The van der Waals surface area contributed by atoms with Crippen molar-refractivity contribution in [3.05, 3.63) is 65.7 Å². The molecule has 0 aliphatic heterocycles. The molecule has 2 aromatic rings. The molecule has 0 aliphatic carbocycles. The summed E-state index contributed by atoms with van der Waals surface area (Å²) in [5, 5.41) is 2.72. The Bertz CT molecular complexity index is 803. The van der Waals surface area contributed by atoms with Crippen molar-refractivity contribution in [2.75, 3.05) is 20.6 Å². The van der Waals surface area contributed by atoms with Crippen LogP contribution in [0.3, 0.4) is 0 Å². The van der Waals surface area contributed by atoms with Gasteiger partial charge in [-0.05, 0) is 43.3 Å². The Balaban J connectivity index is 1.82. The van der Waals surface area contributed by atoms with Gasteiger partial charge >= 0.3 is 0 Å². The van der Waals surface area contributed by atoms with Crippen LogP contribution >= 0.6 is 0 Å². The first kappa shape index (κ1) is 19.1. The lowest BCUT2D eigenvalue weighted by atomic mass is 10.1. The van der Waals surface area contributed by atoms with Gasteiger partial charge in [0.05, 0.1) is 6.54 Å². The Morgan fingerprint density at radius 2 is 1.73 bits per heavy atom. The molecule has 0 heterocycles. The largest absolute Gasteiger partial charge is 0.481 e. The minimum absolute atomic E-state index is 0.0517. The number of rotatable bonds is 5. The van der Waals surface area contributed by atoms with Crippen molar-refractivity contribution in [1.82, 2.24) is 10.2 Å². The molecule has 0 aromatic heterocycles. The van der Waals surface area contributed by atoms with E-state index in [1.54, 1.807) is 57.4 Å². The molecular formula is C21H22N2O3. The lowest BCUT2D eigenvalue weighted by Crippen LogP contribution is -2.36. The predicted molar refractivity (Wildman–Crippen MR) is 101 cm³/mol. The Morgan fingerprint density at radius 3 is 2.35 bits per heavy atom. The molecule has 134 valence electrons. The first-order valence-corrected chi connectivity index (χ1v) is 8.27. The molecule has 2 amide bonds. The zero-order valence-corrected chi connectivity index (χ0v) is 15.2. The summed E-state index contributed by atoms with van der Waals surface area (Å²) < 4.78 is 5.55. The van der Waals surface area contributed by atoms with Crippen molar-refractivity contribution in [1.29, 1.82) is 0 Å². The average molecular weight is 350 g/mol. The van der Waals surface area contributed by atoms with E-state index in [1.807, 2.05) is 18.2 Å². The SMILES string of the molecule is CC(Oc1ccccc1)C(=O)NCC#Cc1ccc(C(=O)N(C)C)cc1. The fraction of sp³-hybridized carbons (Fsp3) is 0.238. The summed E-state index contributed by atoms with van der Waals surface area (Å²) in [5.41, 5.74) is 1.39. The number of carbonyl (C=O) groups excluding carboxylic acids is 2. The molecule has 0 saturated carbocycles. The fourth-order valence-electron chi connectivity index (χ4n) is 2.13. The third-order valence-corrected chi connectivity index (χ3v) is 3.55. The van der Waals surface area contributed by atoms with Gasteiger partial charge in [-0.1, -0.05) is 30.0 Å². The van der Waals surface area contributed by atoms with Crippen LogP contribution in [0.4, 0.5) is 0 Å². The highest BCUT2D eigenvalue weighted by Gasteiger charge is 2.13. The molecule has 1 atom stereocenters. The van der Waals surface area contributed by atoms with Crippen LogP contribution in [-0.2, 0) is 4.79 Å². The molecule has 0 aliphatic rings. The number of carbonyl (C=O) groups is 2. The molecule has 2 aromatic carbocycles. The summed E-state index contributed by atoms with van der Waals surface area (Å²) in [6, 6.07) is 16.2. The van der Waals surface area contributed by atoms with E-state index >= 15 is 0 Å². The van der Waals surface area contributed by atoms with E-state index in [0.717, 1.165) is 5.56 Å². The van der Waals surface area contributed by atoms with Gasteiger partial charge < -0.3 is 15.0 Å². The number of hydrogen-bond acceptors (Lipinski definition) is 3. The molecule has 1 N–H and O–H groups in total. The van der Waals surface area contributed by atoms with Gasteiger partial charge in [-0.25, -0.2) is 0 Å². The predicted octanol–water partition coefficient (Wildman–Crippen LogP) is 2.32. The minimum Gasteiger partial charge on any atom is -0.481 e. The number of hydrogen-bond donors (Lipinski definition) is 1. The highest BCUT2D eigenvalue weighted by Crippen LogP contribution is 2.10. The van der Waals surface area contributed by atoms with Gasteiger partial charge in [0.2, 0.25) is 0 Å². The number of amides is 2. The molecule has 1 unspecified atom stereocenters. The third kappa shape index (κ3) is 5.67. The third-order valence-electron chi connectivity index (χ3n) is 3.55. The molecule has 0 spiro atoms. The maximum absolute atomic E-state index is 12.0. The maximum atomic E-state index is 12.0. The quantitative estimate of drug-likeness (QED) is 0.842. The zero-order chi connectivity index (χ0) is 18.9. The summed E-state index contributed by atoms with van der Waals surface area (Å²) in [6.45, 7) is 1.91. The molecule has 5 nitrogen and oxygen atoms in total. The number of benzene rings is 2. The second kappa shape index (κ2) is 9.28. The molecule has 0 saturated heterocycles. The van der Waals surface area contributed by atoms with Crippen molar-refractivity contribution in [3.63, 3.8) is 0 Å². The van der Waals surface area contributed by atoms with E-state index in [9.17, 15) is 9.59 Å². The van der Waals surface area contributed by atoms with Gasteiger partial charge in [0.15, 0.2) is 6.10 Å². The molecule has 0 fully saturated rings. The lowest BCUT2D eigenvalue weighted by Gasteiger charge is -2.13. The Labute approximate surface area is 154 Å². The smallest absolute Gasteiger partial charge is 0.261 e. The normalized spacial score (nSPS) is 10.9. The van der Waals surface area contributed by atoms with Crippen molar-refractivity contribution in [3.8, 4) is 17.6 Å². The first-order valence-electron chi connectivity index (χ1n) is 8.27. The molecule has 2 rings (SSSR count). The van der Waals surface area contributed by atoms with E-state index in [4.69, 9.17) is 4.74 Å². The molecule has 0 bridgehead atoms. The maximum Gasteiger partial charge on any atom is 0.261 e. The van der Waals surface area contributed by atoms with Crippen molar-refractivity contribution < 1.29 is 14.3 Å². The van der Waals surface area contributed by atoms with Gasteiger partial charge in [-0.2, -0.15) is 0 Å². The summed E-state index contributed by atoms with van der Waals surface area (Å²) >= 11 is 0. The number of para-hydroxylation sites is 1. The first-order chi connectivity index (χ1) is 12.5. The van der Waals surface area contributed by atoms with Crippen LogP contribution in [0, 0.1) is 11.8 Å². The van der Waals surface area contributed by atoms with E-state index < -0.39 is 6.10 Å². The highest BCUT2D eigenvalue weighted by atomic mass is 16.5. The van der Waals surface area contributed by atoms with Crippen molar-refractivity contribution in [2.45, 2.75) is 13.0 Å². The van der Waals surface area contributed by atoms with Crippen molar-refractivity contribution >= 4 is 11.8 Å². The molecule has 5 heteroatoms. The summed E-state index contributed by atoms with van der Waals surface area (Å²) in [6.07, 6.45) is -0.601. The Kier molecular flexibility index (Phi) is 6.81. The second-order valence-electron chi connectivity index (χ2n) is 5.87. The number of nitrogens with zero attached hydrogens (tertiary/aromatic N) is 1. The summed E-state index contributed by atoms with van der Waals surface area (Å²) in [7, 11) is 3.42. The van der Waals surface area contributed by atoms with Gasteiger partial charge in [0, 0.05) is 25.2 Å². The van der Waals surface area contributed by atoms with Crippen LogP contribution in [0.1, 0.15) is 22.8 Å². The Hall–Kier alpha value is -3.26. The van der Waals surface area contributed by atoms with Crippen LogP contribution in [0.2, 0.25) is 0 Å². The Morgan fingerprint density at radius 1 is 1.08 bits per heavy atom. The monoisotopic (exact) mass is 350 g/mol. The van der Waals surface area contributed by atoms with E-state index in [2.05, 4.69) is 17.2 Å². The molecular weight excluding hydrogens is 328 g/mol. The van der Waals surface area contributed by atoms with E-state index in [1.165, 1.54) is 4.90 Å². The number of nitrogens with one attached hydrogen (secondary N) is 1. The van der Waals surface area contributed by atoms with E-state index in [-0.39, 0.29) is 18.4 Å². The second-order valence-corrected chi connectivity index (χ2v) is 5.87. The van der Waals surface area contributed by atoms with Crippen LogP contribution in [0.25, 0.3) is 0 Å². The minimum atomic E-state index is -0.601. The summed E-state index contributed by atoms with van der Waals surface area (Å²) in [5.74, 6) is 6.21. The lowest BCUT2D eigenvalue weighted by molar-refractivity contribution is -0.126. The van der Waals surface area contributed by atoms with Crippen LogP contribution < -0.4 is 10.1 Å². The highest BCUT2D eigenvalue weighted by molar-refractivity contribution is 5.93. The standard InChI is InChI=1S/C21H22N2O3/c1-16(26-19-9-5-4-6-10-19)20(24)22-15-7-8-17-11-13-18(14-12-17)21(25)23(2)3/h4-6,9-14,16H,15H2,1-3H3,(H,22,24). The van der Waals surface area contributed by atoms with Gasteiger partial charge in [-0.3, -0.25) is 9.59 Å². The van der Waals surface area contributed by atoms with Crippen LogP contribution in [-0.4, -0.2) is 43.5 Å². The van der Waals surface area contributed by atoms with Crippen LogP contribution in [0.15, 0.2) is 54.6 Å². The summed E-state index contributed by atoms with van der Waals surface area (Å²) in [4.78, 5) is 25.3. The topological polar surface area (TPSA) is 58.6 Å².